The Balaban J connectivity index is 2.14. The van der Waals surface area contributed by atoms with Gasteiger partial charge in [0.15, 0.2) is 11.6 Å². The summed E-state index contributed by atoms with van der Waals surface area (Å²) in [5, 5.41) is 0. The summed E-state index contributed by atoms with van der Waals surface area (Å²) in [6, 6.07) is 3.29. The van der Waals surface area contributed by atoms with Crippen LogP contribution in [-0.4, -0.2) is 12.5 Å². The van der Waals surface area contributed by atoms with Crippen molar-refractivity contribution in [3.8, 4) is 0 Å². The van der Waals surface area contributed by atoms with E-state index in [1.165, 1.54) is 12.1 Å². The molecule has 1 saturated heterocycles. The molecule has 1 N–H and O–H groups in total. The highest BCUT2D eigenvalue weighted by Crippen LogP contribution is 2.55. The van der Waals surface area contributed by atoms with Crippen LogP contribution >= 0.6 is 0 Å². The van der Waals surface area contributed by atoms with Gasteiger partial charge in [-0.25, -0.2) is 17.6 Å². The number of hydrogen-bond acceptors (Lipinski definition) is 2. The Kier molecular flexibility index (Phi) is 2.21. The molecule has 3 atom stereocenters. The van der Waals surface area contributed by atoms with Gasteiger partial charge in [-0.05, 0) is 12.5 Å². The van der Waals surface area contributed by atoms with Gasteiger partial charge in [0, 0.05) is 11.5 Å². The molecule has 1 aliphatic heterocycles. The van der Waals surface area contributed by atoms with E-state index in [9.17, 15) is 17.6 Å². The molecule has 0 spiro atoms. The third kappa shape index (κ3) is 1.34. The van der Waals surface area contributed by atoms with E-state index in [0.29, 0.717) is 6.42 Å². The van der Waals surface area contributed by atoms with E-state index in [2.05, 4.69) is 5.48 Å². The normalized spacial score (nSPS) is 35.1. The molecule has 1 aromatic carbocycles. The first-order valence-electron chi connectivity index (χ1n) is 5.23. The van der Waals surface area contributed by atoms with E-state index in [1.54, 1.807) is 0 Å². The van der Waals surface area contributed by atoms with Gasteiger partial charge in [0.2, 0.25) is 0 Å². The summed E-state index contributed by atoms with van der Waals surface area (Å²) in [6.45, 7) is 0. The van der Waals surface area contributed by atoms with Crippen molar-refractivity contribution in [2.45, 2.75) is 24.5 Å². The van der Waals surface area contributed by atoms with Gasteiger partial charge in [0.1, 0.15) is 5.54 Å². The minimum absolute atomic E-state index is 0.327. The molecule has 1 saturated carbocycles. The zero-order valence-electron chi connectivity index (χ0n) is 8.59. The van der Waals surface area contributed by atoms with Crippen LogP contribution in [0, 0.1) is 17.6 Å². The van der Waals surface area contributed by atoms with E-state index in [0.717, 1.165) is 6.07 Å². The number of halogens is 4. The van der Waals surface area contributed by atoms with Gasteiger partial charge < -0.3 is 0 Å². The van der Waals surface area contributed by atoms with Crippen LogP contribution in [0.1, 0.15) is 12.0 Å². The Labute approximate surface area is 94.5 Å². The molecule has 6 heteroatoms. The molecule has 0 radical (unpaired) electrons. The summed E-state index contributed by atoms with van der Waals surface area (Å²) in [5.74, 6) is -2.87. The number of rotatable bonds is 2. The second-order valence-electron chi connectivity index (χ2n) is 4.37. The lowest BCUT2D eigenvalue weighted by molar-refractivity contribution is -0.0569. The molecule has 1 aliphatic carbocycles. The topological polar surface area (TPSA) is 21.3 Å². The number of benzene rings is 1. The lowest BCUT2D eigenvalue weighted by atomic mass is 9.86. The maximum absolute atomic E-state index is 13.6. The molecule has 1 heterocycles. The molecule has 0 amide bonds. The monoisotopic (exact) mass is 247 g/mol. The fourth-order valence-electron chi connectivity index (χ4n) is 2.43. The smallest absolute Gasteiger partial charge is 0.263 e. The first-order chi connectivity index (χ1) is 8.07. The minimum atomic E-state index is -2.86. The first-order valence-corrected chi connectivity index (χ1v) is 5.23. The lowest BCUT2D eigenvalue weighted by Crippen LogP contribution is -2.47. The molecule has 92 valence electrons. The highest BCUT2D eigenvalue weighted by molar-refractivity contribution is 5.33. The maximum Gasteiger partial charge on any atom is 0.263 e. The van der Waals surface area contributed by atoms with Crippen LogP contribution in [0.4, 0.5) is 17.6 Å². The molecule has 2 nitrogen and oxygen atoms in total. The Hall–Kier alpha value is -1.14. The molecule has 0 aromatic heterocycles. The average molecular weight is 247 g/mol. The largest absolute Gasteiger partial charge is 0.297 e. The van der Waals surface area contributed by atoms with Crippen molar-refractivity contribution in [1.82, 2.24) is 5.48 Å². The second-order valence-corrected chi connectivity index (χ2v) is 4.37. The quantitative estimate of drug-likeness (QED) is 0.810. The van der Waals surface area contributed by atoms with Crippen molar-refractivity contribution < 1.29 is 22.4 Å². The van der Waals surface area contributed by atoms with Gasteiger partial charge in [-0.15, -0.1) is 0 Å². The number of fused-ring (bicyclic) bond motifs is 1. The summed E-state index contributed by atoms with van der Waals surface area (Å²) in [7, 11) is 0. The van der Waals surface area contributed by atoms with Crippen molar-refractivity contribution in [3.05, 3.63) is 35.4 Å². The lowest BCUT2D eigenvalue weighted by Gasteiger charge is -2.30. The standard InChI is InChI=1S/C11H9F4NO/c12-7-3-1-2-5(9(7)13)11(10(14)15)6-4-8(6)17-16-11/h1-3,6,8,10,16H,4H2/t6-,8?,11+/m0/s1. The van der Waals surface area contributed by atoms with Crippen LogP contribution in [0.2, 0.25) is 0 Å². The van der Waals surface area contributed by atoms with Crippen LogP contribution in [0.5, 0.6) is 0 Å². The fraction of sp³-hybridized carbons (Fsp3) is 0.455. The Morgan fingerprint density at radius 1 is 1.35 bits per heavy atom. The molecule has 3 rings (SSSR count). The second kappa shape index (κ2) is 3.43. The third-order valence-electron chi connectivity index (χ3n) is 3.44. The molecule has 2 aliphatic rings. The zero-order valence-corrected chi connectivity index (χ0v) is 8.59. The summed E-state index contributed by atoms with van der Waals surface area (Å²) in [5.41, 5.74) is -0.0865. The van der Waals surface area contributed by atoms with Crippen molar-refractivity contribution in [1.29, 1.82) is 0 Å². The number of alkyl halides is 2. The molecule has 2 fully saturated rings. The first kappa shape index (κ1) is 11.0. The average Bonchev–Trinajstić information content (AvgIpc) is 2.97. The third-order valence-corrected chi connectivity index (χ3v) is 3.44. The van der Waals surface area contributed by atoms with E-state index < -0.39 is 29.5 Å². The van der Waals surface area contributed by atoms with Crippen LogP contribution < -0.4 is 5.48 Å². The van der Waals surface area contributed by atoms with Crippen molar-refractivity contribution in [3.63, 3.8) is 0 Å². The van der Waals surface area contributed by atoms with Crippen LogP contribution in [0.15, 0.2) is 18.2 Å². The Morgan fingerprint density at radius 3 is 2.65 bits per heavy atom. The van der Waals surface area contributed by atoms with Gasteiger partial charge in [-0.3, -0.25) is 4.84 Å². The number of hydrogen-bond donors (Lipinski definition) is 1. The van der Waals surface area contributed by atoms with Crippen LogP contribution in [0.3, 0.4) is 0 Å². The summed E-state index contributed by atoms with van der Waals surface area (Å²) >= 11 is 0. The van der Waals surface area contributed by atoms with Gasteiger partial charge >= 0.3 is 0 Å². The summed E-state index contributed by atoms with van der Waals surface area (Å²) in [6.07, 6.45) is -2.75. The van der Waals surface area contributed by atoms with Crippen molar-refractivity contribution in [2.24, 2.45) is 5.92 Å². The van der Waals surface area contributed by atoms with Crippen LogP contribution in [0.25, 0.3) is 0 Å². The van der Waals surface area contributed by atoms with Crippen molar-refractivity contribution >= 4 is 0 Å². The van der Waals surface area contributed by atoms with E-state index >= 15 is 0 Å². The molecular formula is C11H9F4NO. The highest BCUT2D eigenvalue weighted by atomic mass is 19.3. The highest BCUT2D eigenvalue weighted by Gasteiger charge is 2.66. The van der Waals surface area contributed by atoms with Gasteiger partial charge in [-0.1, -0.05) is 12.1 Å². The number of hydroxylamine groups is 1. The summed E-state index contributed by atoms with van der Waals surface area (Å²) < 4.78 is 53.2. The minimum Gasteiger partial charge on any atom is -0.297 e. The predicted octanol–water partition coefficient (Wildman–Crippen LogP) is 2.35. The SMILES string of the molecule is Fc1cccc([C@@]2(C(F)F)NOC3C[C@@H]32)c1F. The maximum atomic E-state index is 13.6. The predicted molar refractivity (Wildman–Crippen MR) is 50.2 cm³/mol. The van der Waals surface area contributed by atoms with Crippen LogP contribution in [-0.2, 0) is 10.4 Å². The van der Waals surface area contributed by atoms with E-state index in [-0.39, 0.29) is 11.7 Å². The van der Waals surface area contributed by atoms with E-state index in [1.807, 2.05) is 0 Å². The molecule has 1 aromatic rings. The molecule has 17 heavy (non-hydrogen) atoms. The zero-order chi connectivity index (χ0) is 12.2. The van der Waals surface area contributed by atoms with Gasteiger partial charge in [0.25, 0.3) is 6.43 Å². The Bertz CT molecular complexity index is 467. The fourth-order valence-corrected chi connectivity index (χ4v) is 2.43. The number of nitrogens with one attached hydrogen (secondary N) is 1. The van der Waals surface area contributed by atoms with E-state index in [4.69, 9.17) is 4.84 Å². The summed E-state index contributed by atoms with van der Waals surface area (Å²) in [4.78, 5) is 4.93. The van der Waals surface area contributed by atoms with Gasteiger partial charge in [0.05, 0.1) is 6.10 Å². The van der Waals surface area contributed by atoms with Crippen molar-refractivity contribution in [2.75, 3.05) is 0 Å². The molecule has 0 bridgehead atoms. The Morgan fingerprint density at radius 2 is 2.12 bits per heavy atom. The molecular weight excluding hydrogens is 238 g/mol. The van der Waals surface area contributed by atoms with Gasteiger partial charge in [-0.2, -0.15) is 5.48 Å². The molecule has 1 unspecified atom stereocenters.